The molecule has 0 spiro atoms. The summed E-state index contributed by atoms with van der Waals surface area (Å²) in [6, 6.07) is 22.3. The van der Waals surface area contributed by atoms with Crippen LogP contribution in [0.25, 0.3) is 21.7 Å². The Morgan fingerprint density at radius 2 is 1.57 bits per heavy atom. The summed E-state index contributed by atoms with van der Waals surface area (Å²) in [6.07, 6.45) is 0. The van der Waals surface area contributed by atoms with E-state index in [4.69, 9.17) is 11.6 Å². The predicted molar refractivity (Wildman–Crippen MR) is 119 cm³/mol. The monoisotopic (exact) mass is 435 g/mol. The fourth-order valence-corrected chi connectivity index (χ4v) is 3.98. The number of hydrogen-bond acceptors (Lipinski definition) is 5. The van der Waals surface area contributed by atoms with Gasteiger partial charge in [-0.25, -0.2) is 4.98 Å². The first kappa shape index (κ1) is 19.8. The van der Waals surface area contributed by atoms with Gasteiger partial charge in [0.25, 0.3) is 11.6 Å². The second kappa shape index (κ2) is 8.44. The fraction of sp³-hybridized carbons (Fsp3) is 0. The van der Waals surface area contributed by atoms with E-state index < -0.39 is 4.92 Å². The number of amides is 1. The number of rotatable bonds is 5. The summed E-state index contributed by atoms with van der Waals surface area (Å²) >= 11 is 7.31. The van der Waals surface area contributed by atoms with Gasteiger partial charge in [0.1, 0.15) is 0 Å². The number of benzene rings is 3. The lowest BCUT2D eigenvalue weighted by molar-refractivity contribution is -0.384. The van der Waals surface area contributed by atoms with Crippen LogP contribution in [0, 0.1) is 10.1 Å². The van der Waals surface area contributed by atoms with Crippen LogP contribution in [-0.4, -0.2) is 15.8 Å². The van der Waals surface area contributed by atoms with E-state index in [9.17, 15) is 14.9 Å². The lowest BCUT2D eigenvalue weighted by atomic mass is 10.1. The van der Waals surface area contributed by atoms with E-state index in [1.165, 1.54) is 23.5 Å². The second-order valence-electron chi connectivity index (χ2n) is 6.33. The molecule has 1 aromatic heterocycles. The van der Waals surface area contributed by atoms with E-state index in [1.54, 1.807) is 48.5 Å². The van der Waals surface area contributed by atoms with E-state index >= 15 is 0 Å². The SMILES string of the molecule is O=C(Nc1nc(-c2ccc(Cl)cc2)c(-c2ccc([N+](=O)[O-])cc2)s1)c1ccccc1. The van der Waals surface area contributed by atoms with Gasteiger partial charge in [0.05, 0.1) is 15.5 Å². The van der Waals surface area contributed by atoms with Gasteiger partial charge >= 0.3 is 0 Å². The lowest BCUT2D eigenvalue weighted by Crippen LogP contribution is -2.11. The van der Waals surface area contributed by atoms with Crippen molar-refractivity contribution in [2.45, 2.75) is 0 Å². The van der Waals surface area contributed by atoms with Crippen molar-refractivity contribution in [1.82, 2.24) is 4.98 Å². The highest BCUT2D eigenvalue weighted by Crippen LogP contribution is 2.40. The van der Waals surface area contributed by atoms with Crippen LogP contribution in [0.1, 0.15) is 10.4 Å². The minimum atomic E-state index is -0.442. The number of nitro groups is 1. The first-order valence-electron chi connectivity index (χ1n) is 8.89. The topological polar surface area (TPSA) is 85.1 Å². The van der Waals surface area contributed by atoms with Crippen molar-refractivity contribution in [2.24, 2.45) is 0 Å². The van der Waals surface area contributed by atoms with Crippen LogP contribution in [-0.2, 0) is 0 Å². The Hall–Kier alpha value is -3.55. The van der Waals surface area contributed by atoms with Gasteiger partial charge in [-0.1, -0.05) is 53.3 Å². The molecule has 1 amide bonds. The zero-order chi connectivity index (χ0) is 21.1. The number of hydrogen-bond donors (Lipinski definition) is 1. The van der Waals surface area contributed by atoms with Crippen LogP contribution in [0.3, 0.4) is 0 Å². The number of carbonyl (C=O) groups excluding carboxylic acids is 1. The molecule has 3 aromatic carbocycles. The van der Waals surface area contributed by atoms with Gasteiger partial charge in [-0.2, -0.15) is 0 Å². The van der Waals surface area contributed by atoms with Crippen LogP contribution in [0.2, 0.25) is 5.02 Å². The van der Waals surface area contributed by atoms with Gasteiger partial charge in [-0.05, 0) is 42.0 Å². The first-order valence-corrected chi connectivity index (χ1v) is 10.1. The van der Waals surface area contributed by atoms with Gasteiger partial charge in [0.15, 0.2) is 5.13 Å². The third-order valence-electron chi connectivity index (χ3n) is 4.34. The largest absolute Gasteiger partial charge is 0.298 e. The summed E-state index contributed by atoms with van der Waals surface area (Å²) in [6.45, 7) is 0. The molecule has 0 radical (unpaired) electrons. The lowest BCUT2D eigenvalue weighted by Gasteiger charge is -2.03. The fourth-order valence-electron chi connectivity index (χ4n) is 2.87. The molecule has 0 atom stereocenters. The second-order valence-corrected chi connectivity index (χ2v) is 7.76. The number of carbonyl (C=O) groups is 1. The summed E-state index contributed by atoms with van der Waals surface area (Å²) in [5, 5.41) is 14.8. The Balaban J connectivity index is 1.74. The van der Waals surface area contributed by atoms with E-state index in [-0.39, 0.29) is 11.6 Å². The van der Waals surface area contributed by atoms with Gasteiger partial charge in [-0.3, -0.25) is 20.2 Å². The number of non-ortho nitro benzene ring substituents is 1. The Morgan fingerprint density at radius 1 is 0.933 bits per heavy atom. The minimum absolute atomic E-state index is 0.00825. The standard InChI is InChI=1S/C22H14ClN3O3S/c23-17-10-6-14(7-11-17)19-20(15-8-12-18(13-9-15)26(28)29)30-22(24-19)25-21(27)16-4-2-1-3-5-16/h1-13H,(H,24,25,27). The minimum Gasteiger partial charge on any atom is -0.298 e. The summed E-state index contributed by atoms with van der Waals surface area (Å²) in [5.41, 5.74) is 2.79. The highest BCUT2D eigenvalue weighted by Gasteiger charge is 2.18. The molecule has 4 aromatic rings. The Kier molecular flexibility index (Phi) is 5.56. The van der Waals surface area contributed by atoms with E-state index in [2.05, 4.69) is 10.3 Å². The summed E-state index contributed by atoms with van der Waals surface area (Å²) in [4.78, 5) is 28.5. The molecule has 0 bridgehead atoms. The van der Waals surface area contributed by atoms with Crippen LogP contribution >= 0.6 is 22.9 Å². The summed E-state index contributed by atoms with van der Waals surface area (Å²) < 4.78 is 0. The van der Waals surface area contributed by atoms with Crippen LogP contribution < -0.4 is 5.32 Å². The van der Waals surface area contributed by atoms with Crippen LogP contribution in [0.15, 0.2) is 78.9 Å². The summed E-state index contributed by atoms with van der Waals surface area (Å²) in [7, 11) is 0. The number of anilines is 1. The molecule has 0 aliphatic carbocycles. The Bertz CT molecular complexity index is 1210. The Morgan fingerprint density at radius 3 is 2.20 bits per heavy atom. The predicted octanol–water partition coefficient (Wildman–Crippen LogP) is 6.29. The van der Waals surface area contributed by atoms with Gasteiger partial charge in [0, 0.05) is 28.3 Å². The van der Waals surface area contributed by atoms with Crippen molar-refractivity contribution in [3.63, 3.8) is 0 Å². The molecule has 30 heavy (non-hydrogen) atoms. The molecular weight excluding hydrogens is 422 g/mol. The third kappa shape index (κ3) is 4.22. The van der Waals surface area contributed by atoms with E-state index in [0.29, 0.717) is 21.4 Å². The molecule has 0 saturated heterocycles. The number of halogens is 1. The zero-order valence-corrected chi connectivity index (χ0v) is 17.0. The smallest absolute Gasteiger partial charge is 0.269 e. The first-order chi connectivity index (χ1) is 14.5. The molecule has 1 heterocycles. The number of nitrogens with one attached hydrogen (secondary N) is 1. The van der Waals surface area contributed by atoms with Crippen LogP contribution in [0.4, 0.5) is 10.8 Å². The third-order valence-corrected chi connectivity index (χ3v) is 5.61. The molecule has 0 unspecified atom stereocenters. The molecule has 0 aliphatic rings. The molecule has 8 heteroatoms. The van der Waals surface area contributed by atoms with Crippen molar-refractivity contribution in [3.05, 3.63) is 99.6 Å². The van der Waals surface area contributed by atoms with Crippen molar-refractivity contribution in [2.75, 3.05) is 5.32 Å². The van der Waals surface area contributed by atoms with Gasteiger partial charge in [0.2, 0.25) is 0 Å². The average molecular weight is 436 g/mol. The molecule has 1 N–H and O–H groups in total. The zero-order valence-electron chi connectivity index (χ0n) is 15.4. The number of aromatic nitrogens is 1. The maximum absolute atomic E-state index is 12.5. The van der Waals surface area contributed by atoms with E-state index in [1.807, 2.05) is 18.2 Å². The van der Waals surface area contributed by atoms with Crippen molar-refractivity contribution < 1.29 is 9.72 Å². The molecule has 148 valence electrons. The molecule has 0 fully saturated rings. The maximum atomic E-state index is 12.5. The number of nitrogens with zero attached hydrogens (tertiary/aromatic N) is 2. The number of nitro benzene ring substituents is 1. The van der Waals surface area contributed by atoms with Crippen molar-refractivity contribution in [1.29, 1.82) is 0 Å². The van der Waals surface area contributed by atoms with Crippen molar-refractivity contribution >= 4 is 39.7 Å². The number of thiazole rings is 1. The quantitative estimate of drug-likeness (QED) is 0.295. The van der Waals surface area contributed by atoms with Crippen LogP contribution in [0.5, 0.6) is 0 Å². The molecule has 6 nitrogen and oxygen atoms in total. The highest BCUT2D eigenvalue weighted by atomic mass is 35.5. The normalized spacial score (nSPS) is 10.6. The van der Waals surface area contributed by atoms with E-state index in [0.717, 1.165) is 16.0 Å². The molecular formula is C22H14ClN3O3S. The molecule has 0 aliphatic heterocycles. The summed E-state index contributed by atoms with van der Waals surface area (Å²) in [5.74, 6) is -0.262. The Labute approximate surface area is 180 Å². The molecule has 0 saturated carbocycles. The van der Waals surface area contributed by atoms with Crippen molar-refractivity contribution in [3.8, 4) is 21.7 Å². The maximum Gasteiger partial charge on any atom is 0.269 e. The average Bonchev–Trinajstić information content (AvgIpc) is 3.18. The van der Waals surface area contributed by atoms with Gasteiger partial charge in [-0.15, -0.1) is 0 Å². The molecule has 4 rings (SSSR count). The highest BCUT2D eigenvalue weighted by molar-refractivity contribution is 7.19. The van der Waals surface area contributed by atoms with Gasteiger partial charge < -0.3 is 0 Å².